The van der Waals surface area contributed by atoms with Crippen LogP contribution in [0.15, 0.2) is 42.6 Å². The summed E-state index contributed by atoms with van der Waals surface area (Å²) in [5.74, 6) is -0.260. The lowest BCUT2D eigenvalue weighted by Gasteiger charge is -2.16. The minimum Gasteiger partial charge on any atom is -0.484 e. The predicted molar refractivity (Wildman–Crippen MR) is 101 cm³/mol. The van der Waals surface area contributed by atoms with E-state index in [1.54, 1.807) is 25.3 Å². The SMILES string of the molecule is CC(C)C(=O)Cc1cc(C(C)NC(=O)COc2ccc(C(F)(F)F)cc2)ccn1. The molecule has 1 N–H and O–H groups in total. The summed E-state index contributed by atoms with van der Waals surface area (Å²) in [4.78, 5) is 28.2. The van der Waals surface area contributed by atoms with Gasteiger partial charge in [-0.25, -0.2) is 0 Å². The Morgan fingerprint density at radius 2 is 1.76 bits per heavy atom. The first-order valence-electron chi connectivity index (χ1n) is 9.13. The molecule has 0 saturated heterocycles. The Balaban J connectivity index is 1.89. The van der Waals surface area contributed by atoms with Crippen molar-refractivity contribution in [3.05, 3.63) is 59.4 Å². The number of rotatable bonds is 8. The van der Waals surface area contributed by atoms with Gasteiger partial charge in [-0.2, -0.15) is 13.2 Å². The molecule has 0 bridgehead atoms. The third-order valence-electron chi connectivity index (χ3n) is 4.27. The van der Waals surface area contributed by atoms with Crippen molar-refractivity contribution < 1.29 is 27.5 Å². The molecule has 5 nitrogen and oxygen atoms in total. The molecular weight excluding hydrogens is 385 g/mol. The number of nitrogens with zero attached hydrogens (tertiary/aromatic N) is 1. The maximum absolute atomic E-state index is 12.5. The summed E-state index contributed by atoms with van der Waals surface area (Å²) in [6.45, 7) is 5.09. The van der Waals surface area contributed by atoms with Crippen molar-refractivity contribution in [2.75, 3.05) is 6.61 Å². The first-order valence-corrected chi connectivity index (χ1v) is 9.13. The fraction of sp³-hybridized carbons (Fsp3) is 0.381. The molecule has 1 unspecified atom stereocenters. The molecule has 1 atom stereocenters. The van der Waals surface area contributed by atoms with Gasteiger partial charge in [-0.3, -0.25) is 14.6 Å². The third kappa shape index (κ3) is 6.89. The van der Waals surface area contributed by atoms with Crippen LogP contribution < -0.4 is 10.1 Å². The number of pyridine rings is 1. The van der Waals surface area contributed by atoms with Crippen molar-refractivity contribution in [3.63, 3.8) is 0 Å². The van der Waals surface area contributed by atoms with Crippen LogP contribution in [-0.4, -0.2) is 23.3 Å². The molecule has 0 aliphatic rings. The Kier molecular flexibility index (Phi) is 7.36. The highest BCUT2D eigenvalue weighted by Gasteiger charge is 2.30. The zero-order chi connectivity index (χ0) is 21.6. The van der Waals surface area contributed by atoms with Crippen LogP contribution in [0.1, 0.15) is 43.6 Å². The summed E-state index contributed by atoms with van der Waals surface area (Å²) in [7, 11) is 0. The van der Waals surface area contributed by atoms with Crippen molar-refractivity contribution in [2.45, 2.75) is 39.4 Å². The van der Waals surface area contributed by atoms with Crippen LogP contribution in [0.5, 0.6) is 5.75 Å². The average Bonchev–Trinajstić information content (AvgIpc) is 2.66. The Labute approximate surface area is 167 Å². The minimum absolute atomic E-state index is 0.0799. The van der Waals surface area contributed by atoms with Crippen LogP contribution in [-0.2, 0) is 22.2 Å². The zero-order valence-corrected chi connectivity index (χ0v) is 16.4. The number of ether oxygens (including phenoxy) is 1. The number of amides is 1. The quantitative estimate of drug-likeness (QED) is 0.713. The fourth-order valence-corrected chi connectivity index (χ4v) is 2.50. The van der Waals surface area contributed by atoms with Gasteiger partial charge in [0.05, 0.1) is 11.6 Å². The molecule has 1 aromatic carbocycles. The molecular formula is C21H23F3N2O3. The minimum atomic E-state index is -4.42. The van der Waals surface area contributed by atoms with Crippen molar-refractivity contribution in [1.82, 2.24) is 10.3 Å². The van der Waals surface area contributed by atoms with Crippen molar-refractivity contribution in [3.8, 4) is 5.75 Å². The number of halogens is 3. The molecule has 156 valence electrons. The lowest BCUT2D eigenvalue weighted by Crippen LogP contribution is -2.31. The van der Waals surface area contributed by atoms with Gasteiger partial charge in [0.25, 0.3) is 5.91 Å². The van der Waals surface area contributed by atoms with Gasteiger partial charge in [-0.05, 0) is 48.9 Å². The monoisotopic (exact) mass is 408 g/mol. The molecule has 0 radical (unpaired) electrons. The predicted octanol–water partition coefficient (Wildman–Crippen LogP) is 4.12. The van der Waals surface area contributed by atoms with E-state index >= 15 is 0 Å². The van der Waals surface area contributed by atoms with Crippen LogP contribution in [0.2, 0.25) is 0 Å². The standard InChI is InChI=1S/C21H23F3N2O3/c1-13(2)19(27)11-17-10-15(8-9-25-17)14(3)26-20(28)12-29-18-6-4-16(5-7-18)21(22,23)24/h4-10,13-14H,11-12H2,1-3H3,(H,26,28). The van der Waals surface area contributed by atoms with E-state index in [-0.39, 0.29) is 36.5 Å². The molecule has 0 fully saturated rings. The Morgan fingerprint density at radius 1 is 1.10 bits per heavy atom. The van der Waals surface area contributed by atoms with E-state index in [2.05, 4.69) is 10.3 Å². The van der Waals surface area contributed by atoms with Crippen molar-refractivity contribution in [2.24, 2.45) is 5.92 Å². The Hall–Kier alpha value is -2.90. The lowest BCUT2D eigenvalue weighted by atomic mass is 10.0. The summed E-state index contributed by atoms with van der Waals surface area (Å²) >= 11 is 0. The van der Waals surface area contributed by atoms with Crippen LogP contribution >= 0.6 is 0 Å². The first-order chi connectivity index (χ1) is 13.6. The van der Waals surface area contributed by atoms with Crippen LogP contribution in [0.4, 0.5) is 13.2 Å². The molecule has 1 aromatic heterocycles. The second kappa shape index (κ2) is 9.54. The molecule has 0 saturated carbocycles. The van der Waals surface area contributed by atoms with Gasteiger partial charge in [0.1, 0.15) is 11.5 Å². The van der Waals surface area contributed by atoms with Gasteiger partial charge in [0.15, 0.2) is 6.61 Å². The second-order valence-electron chi connectivity index (χ2n) is 6.98. The summed E-state index contributed by atoms with van der Waals surface area (Å²) in [5, 5.41) is 2.75. The highest BCUT2D eigenvalue weighted by Crippen LogP contribution is 2.30. The number of hydrogen-bond donors (Lipinski definition) is 1. The lowest BCUT2D eigenvalue weighted by molar-refractivity contribution is -0.137. The number of carbonyl (C=O) groups is 2. The molecule has 8 heteroatoms. The number of benzene rings is 1. The topological polar surface area (TPSA) is 68.3 Å². The van der Waals surface area contributed by atoms with E-state index in [4.69, 9.17) is 4.74 Å². The van der Waals surface area contributed by atoms with E-state index in [9.17, 15) is 22.8 Å². The van der Waals surface area contributed by atoms with Gasteiger partial charge >= 0.3 is 6.18 Å². The Bertz CT molecular complexity index is 849. The second-order valence-corrected chi connectivity index (χ2v) is 6.98. The van der Waals surface area contributed by atoms with Crippen molar-refractivity contribution in [1.29, 1.82) is 0 Å². The van der Waals surface area contributed by atoms with Gasteiger partial charge in [0, 0.05) is 24.2 Å². The fourth-order valence-electron chi connectivity index (χ4n) is 2.50. The first kappa shape index (κ1) is 22.4. The van der Waals surface area contributed by atoms with E-state index in [1.165, 1.54) is 12.1 Å². The maximum atomic E-state index is 12.5. The molecule has 0 aliphatic heterocycles. The largest absolute Gasteiger partial charge is 0.484 e. The number of Topliss-reactive ketones (excluding diaryl/α,β-unsaturated/α-hetero) is 1. The van der Waals surface area contributed by atoms with Crippen LogP contribution in [0.25, 0.3) is 0 Å². The molecule has 1 amide bonds. The molecule has 0 aliphatic carbocycles. The summed E-state index contributed by atoms with van der Waals surface area (Å²) in [5.41, 5.74) is 0.630. The van der Waals surface area contributed by atoms with Gasteiger partial charge < -0.3 is 10.1 Å². The zero-order valence-electron chi connectivity index (χ0n) is 16.4. The summed E-state index contributed by atoms with van der Waals surface area (Å²) in [6, 6.07) is 7.28. The number of aromatic nitrogens is 1. The summed E-state index contributed by atoms with van der Waals surface area (Å²) in [6.07, 6.45) is -2.61. The van der Waals surface area contributed by atoms with E-state index < -0.39 is 17.6 Å². The van der Waals surface area contributed by atoms with Gasteiger partial charge in [0.2, 0.25) is 0 Å². The number of hydrogen-bond acceptors (Lipinski definition) is 4. The van der Waals surface area contributed by atoms with E-state index in [1.807, 2.05) is 13.8 Å². The van der Waals surface area contributed by atoms with Crippen LogP contribution in [0.3, 0.4) is 0 Å². The molecule has 1 heterocycles. The number of nitrogens with one attached hydrogen (secondary N) is 1. The number of carbonyl (C=O) groups excluding carboxylic acids is 2. The molecule has 2 aromatic rings. The van der Waals surface area contributed by atoms with Crippen LogP contribution in [0, 0.1) is 5.92 Å². The van der Waals surface area contributed by atoms with Gasteiger partial charge in [-0.15, -0.1) is 0 Å². The Morgan fingerprint density at radius 3 is 2.34 bits per heavy atom. The maximum Gasteiger partial charge on any atom is 0.416 e. The van der Waals surface area contributed by atoms with Crippen molar-refractivity contribution >= 4 is 11.7 Å². The number of ketones is 1. The highest BCUT2D eigenvalue weighted by molar-refractivity contribution is 5.82. The summed E-state index contributed by atoms with van der Waals surface area (Å²) < 4.78 is 42.9. The van der Waals surface area contributed by atoms with E-state index in [0.29, 0.717) is 5.69 Å². The average molecular weight is 408 g/mol. The molecule has 2 rings (SSSR count). The third-order valence-corrected chi connectivity index (χ3v) is 4.27. The smallest absolute Gasteiger partial charge is 0.416 e. The highest BCUT2D eigenvalue weighted by atomic mass is 19.4. The normalized spacial score (nSPS) is 12.5. The number of alkyl halides is 3. The molecule has 29 heavy (non-hydrogen) atoms. The van der Waals surface area contributed by atoms with E-state index in [0.717, 1.165) is 17.7 Å². The molecule has 0 spiro atoms. The van der Waals surface area contributed by atoms with Gasteiger partial charge in [-0.1, -0.05) is 13.8 Å².